The second-order valence-electron chi connectivity index (χ2n) is 8.36. The molecule has 0 spiro atoms. The fourth-order valence-electron chi connectivity index (χ4n) is 3.06. The van der Waals surface area contributed by atoms with Gasteiger partial charge in [-0.3, -0.25) is 14.4 Å². The van der Waals surface area contributed by atoms with Crippen molar-refractivity contribution < 1.29 is 44.0 Å². The summed E-state index contributed by atoms with van der Waals surface area (Å²) in [4.78, 5) is 47.8. The zero-order chi connectivity index (χ0) is 23.2. The number of carbonyl (C=O) groups excluding carboxylic acids is 4. The number of Topliss-reactive ketones (excluding diaryl/α,β-unsaturated/α-hetero) is 2. The molecule has 5 unspecified atom stereocenters. The molecule has 2 amide bonds. The number of ether oxygens (including phenoxy) is 2. The van der Waals surface area contributed by atoms with Crippen LogP contribution in [0.4, 0.5) is 4.79 Å². The van der Waals surface area contributed by atoms with Crippen LogP contribution < -0.4 is 10.6 Å². The lowest BCUT2D eigenvalue weighted by atomic mass is 9.89. The molecule has 0 saturated carbocycles. The maximum absolute atomic E-state index is 12.6. The molecular formula is C19H32N2O9. The third-order valence-electron chi connectivity index (χ3n) is 4.44. The fourth-order valence-corrected chi connectivity index (χ4v) is 3.06. The van der Waals surface area contributed by atoms with Crippen molar-refractivity contribution in [1.29, 1.82) is 0 Å². The maximum Gasteiger partial charge on any atom is 0.408 e. The number of ketones is 2. The third kappa shape index (κ3) is 7.98. The number of aliphatic hydroxyl groups excluding tert-OH is 3. The van der Waals surface area contributed by atoms with Crippen LogP contribution in [0.25, 0.3) is 0 Å². The number of carbonyl (C=O) groups is 4. The van der Waals surface area contributed by atoms with Gasteiger partial charge in [0.1, 0.15) is 29.7 Å². The van der Waals surface area contributed by atoms with Gasteiger partial charge in [-0.15, -0.1) is 0 Å². The molecular weight excluding hydrogens is 400 g/mol. The van der Waals surface area contributed by atoms with Crippen LogP contribution >= 0.6 is 0 Å². The Hall–Kier alpha value is -2.08. The highest BCUT2D eigenvalue weighted by molar-refractivity contribution is 5.91. The first-order chi connectivity index (χ1) is 13.7. The second-order valence-corrected chi connectivity index (χ2v) is 8.36. The Morgan fingerprint density at radius 2 is 1.67 bits per heavy atom. The van der Waals surface area contributed by atoms with Crippen LogP contribution in [0, 0.1) is 0 Å². The van der Waals surface area contributed by atoms with Gasteiger partial charge in [0.2, 0.25) is 5.91 Å². The average molecular weight is 432 g/mol. The highest BCUT2D eigenvalue weighted by Gasteiger charge is 2.45. The average Bonchev–Trinajstić information content (AvgIpc) is 2.58. The summed E-state index contributed by atoms with van der Waals surface area (Å²) in [5, 5.41) is 34.4. The maximum atomic E-state index is 12.6. The molecule has 172 valence electrons. The van der Waals surface area contributed by atoms with E-state index >= 15 is 0 Å². The number of hydrogen-bond acceptors (Lipinski definition) is 9. The Bertz CT molecular complexity index is 646. The van der Waals surface area contributed by atoms with Crippen LogP contribution in [-0.4, -0.2) is 87.6 Å². The van der Waals surface area contributed by atoms with E-state index in [0.717, 1.165) is 0 Å². The topological polar surface area (TPSA) is 171 Å². The van der Waals surface area contributed by atoms with E-state index in [1.165, 1.54) is 13.8 Å². The summed E-state index contributed by atoms with van der Waals surface area (Å²) >= 11 is 0. The molecule has 5 N–H and O–H groups in total. The molecule has 0 radical (unpaired) electrons. The summed E-state index contributed by atoms with van der Waals surface area (Å²) < 4.78 is 10.6. The van der Waals surface area contributed by atoms with Crippen molar-refractivity contribution in [3.05, 3.63) is 0 Å². The largest absolute Gasteiger partial charge is 0.444 e. The predicted octanol–water partition coefficient (Wildman–Crippen LogP) is -1.20. The van der Waals surface area contributed by atoms with Gasteiger partial charge in [-0.25, -0.2) is 4.79 Å². The summed E-state index contributed by atoms with van der Waals surface area (Å²) in [5.41, 5.74) is -0.784. The molecule has 6 atom stereocenters. The summed E-state index contributed by atoms with van der Waals surface area (Å²) in [5.74, 6) is -1.46. The summed E-state index contributed by atoms with van der Waals surface area (Å²) in [6.07, 6.45) is -6.66. The first kappa shape index (κ1) is 26.0. The molecule has 0 aromatic heterocycles. The minimum atomic E-state index is -1.47. The number of rotatable bonds is 8. The lowest BCUT2D eigenvalue weighted by Gasteiger charge is -2.42. The van der Waals surface area contributed by atoms with Crippen LogP contribution in [0.5, 0.6) is 0 Å². The standard InChI is InChI=1S/C19H32N2O9/c1-9(23)12(21-18(28)30-19(3,4)5)6-11(25)7-13-15(20-10(2)24)17(27)16(26)14(8-22)29-13/h12-17,22,26-27H,6-8H2,1-5H3,(H,20,24)(H,21,28)/t12-,13?,14?,15?,16?,17?/m0/s1. The van der Waals surface area contributed by atoms with Gasteiger partial charge >= 0.3 is 6.09 Å². The van der Waals surface area contributed by atoms with Gasteiger partial charge in [0, 0.05) is 19.8 Å². The van der Waals surface area contributed by atoms with Crippen molar-refractivity contribution in [2.75, 3.05) is 6.61 Å². The lowest BCUT2D eigenvalue weighted by Crippen LogP contribution is -2.64. The Kier molecular flexibility index (Phi) is 9.35. The smallest absolute Gasteiger partial charge is 0.408 e. The lowest BCUT2D eigenvalue weighted by molar-refractivity contribution is -0.196. The van der Waals surface area contributed by atoms with Crippen LogP contribution in [0.1, 0.15) is 47.5 Å². The van der Waals surface area contributed by atoms with E-state index in [0.29, 0.717) is 0 Å². The number of hydrogen-bond donors (Lipinski definition) is 5. The van der Waals surface area contributed by atoms with Crippen molar-refractivity contribution in [3.8, 4) is 0 Å². The van der Waals surface area contributed by atoms with E-state index in [1.54, 1.807) is 20.8 Å². The fraction of sp³-hybridized carbons (Fsp3) is 0.789. The molecule has 11 nitrogen and oxygen atoms in total. The minimum Gasteiger partial charge on any atom is -0.444 e. The van der Waals surface area contributed by atoms with Crippen molar-refractivity contribution >= 4 is 23.6 Å². The predicted molar refractivity (Wildman–Crippen MR) is 103 cm³/mol. The number of amides is 2. The van der Waals surface area contributed by atoms with E-state index in [1.807, 2.05) is 0 Å². The molecule has 1 aliphatic heterocycles. The summed E-state index contributed by atoms with van der Waals surface area (Å²) in [6, 6.07) is -2.22. The van der Waals surface area contributed by atoms with Gasteiger partial charge in [-0.2, -0.15) is 0 Å². The Morgan fingerprint density at radius 1 is 1.07 bits per heavy atom. The highest BCUT2D eigenvalue weighted by atomic mass is 16.6. The van der Waals surface area contributed by atoms with Crippen molar-refractivity contribution in [2.45, 2.75) is 89.6 Å². The van der Waals surface area contributed by atoms with Crippen LogP contribution in [0.15, 0.2) is 0 Å². The van der Waals surface area contributed by atoms with E-state index in [2.05, 4.69) is 10.6 Å². The molecule has 0 aliphatic carbocycles. The minimum absolute atomic E-state index is 0.328. The Balaban J connectivity index is 2.85. The number of nitrogens with one attached hydrogen (secondary N) is 2. The summed E-state index contributed by atoms with van der Waals surface area (Å²) in [7, 11) is 0. The monoisotopic (exact) mass is 432 g/mol. The molecule has 30 heavy (non-hydrogen) atoms. The molecule has 1 rings (SSSR count). The van der Waals surface area contributed by atoms with Crippen molar-refractivity contribution in [2.24, 2.45) is 0 Å². The second kappa shape index (κ2) is 10.8. The van der Waals surface area contributed by atoms with E-state index in [-0.39, 0.29) is 12.8 Å². The highest BCUT2D eigenvalue weighted by Crippen LogP contribution is 2.24. The molecule has 1 heterocycles. The molecule has 1 saturated heterocycles. The van der Waals surface area contributed by atoms with Crippen LogP contribution in [0.3, 0.4) is 0 Å². The molecule has 0 aromatic carbocycles. The number of alkyl carbamates (subject to hydrolysis) is 1. The molecule has 11 heteroatoms. The van der Waals surface area contributed by atoms with Crippen molar-refractivity contribution in [3.63, 3.8) is 0 Å². The molecule has 1 fully saturated rings. The van der Waals surface area contributed by atoms with Crippen molar-refractivity contribution in [1.82, 2.24) is 10.6 Å². The van der Waals surface area contributed by atoms with Crippen LogP contribution in [0.2, 0.25) is 0 Å². The van der Waals surface area contributed by atoms with Crippen LogP contribution in [-0.2, 0) is 23.9 Å². The van der Waals surface area contributed by atoms with Gasteiger partial charge < -0.3 is 35.4 Å². The normalized spacial score (nSPS) is 27.7. The molecule has 0 bridgehead atoms. The van der Waals surface area contributed by atoms with E-state index < -0.39 is 72.3 Å². The third-order valence-corrected chi connectivity index (χ3v) is 4.44. The van der Waals surface area contributed by atoms with E-state index in [9.17, 15) is 34.5 Å². The number of aliphatic hydroxyl groups is 3. The zero-order valence-electron chi connectivity index (χ0n) is 17.9. The van der Waals surface area contributed by atoms with Gasteiger partial charge in [0.05, 0.1) is 24.8 Å². The van der Waals surface area contributed by atoms with E-state index in [4.69, 9.17) is 9.47 Å². The van der Waals surface area contributed by atoms with Gasteiger partial charge in [-0.1, -0.05) is 0 Å². The Labute approximate surface area is 175 Å². The Morgan fingerprint density at radius 3 is 2.13 bits per heavy atom. The molecule has 0 aromatic rings. The first-order valence-electron chi connectivity index (χ1n) is 9.66. The van der Waals surface area contributed by atoms with Gasteiger partial charge in [0.25, 0.3) is 0 Å². The first-order valence-corrected chi connectivity index (χ1v) is 9.66. The van der Waals surface area contributed by atoms with Gasteiger partial charge in [0.15, 0.2) is 5.78 Å². The zero-order valence-corrected chi connectivity index (χ0v) is 17.9. The quantitative estimate of drug-likeness (QED) is 0.316. The molecule has 1 aliphatic rings. The van der Waals surface area contributed by atoms with Gasteiger partial charge in [-0.05, 0) is 27.7 Å². The SMILES string of the molecule is CC(=O)NC1C(CC(=O)C[C@H](NC(=O)OC(C)(C)C)C(C)=O)OC(CO)C(O)C1O. The summed E-state index contributed by atoms with van der Waals surface area (Å²) in [6.45, 7) is 6.77.